The Morgan fingerprint density at radius 1 is 1.38 bits per heavy atom. The third kappa shape index (κ3) is 2.61. The normalized spacial score (nSPS) is 20.8. The molecular formula is C14H21NS. The Hall–Kier alpha value is -0.470. The Kier molecular flexibility index (Phi) is 4.30. The van der Waals surface area contributed by atoms with Crippen molar-refractivity contribution in [3.63, 3.8) is 0 Å². The first-order valence-corrected chi connectivity index (χ1v) is 7.31. The zero-order valence-corrected chi connectivity index (χ0v) is 11.0. The fraction of sp³-hybridized carbons (Fsp3) is 0.571. The molecule has 0 spiro atoms. The van der Waals surface area contributed by atoms with Gasteiger partial charge in [-0.3, -0.25) is 0 Å². The van der Waals surface area contributed by atoms with Gasteiger partial charge in [0.15, 0.2) is 0 Å². The minimum atomic E-state index is 0.567. The highest BCUT2D eigenvalue weighted by Gasteiger charge is 2.23. The van der Waals surface area contributed by atoms with Crippen LogP contribution in [0.15, 0.2) is 29.2 Å². The number of thioether (sulfide) groups is 1. The molecule has 2 atom stereocenters. The van der Waals surface area contributed by atoms with Gasteiger partial charge in [0.2, 0.25) is 0 Å². The predicted octanol–water partition coefficient (Wildman–Crippen LogP) is 4.00. The van der Waals surface area contributed by atoms with Crippen LogP contribution in [-0.2, 0) is 0 Å². The molecule has 2 unspecified atom stereocenters. The number of benzene rings is 1. The van der Waals surface area contributed by atoms with Crippen LogP contribution in [0, 0.1) is 0 Å². The van der Waals surface area contributed by atoms with E-state index in [1.165, 1.54) is 35.5 Å². The highest BCUT2D eigenvalue weighted by atomic mass is 32.2. The summed E-state index contributed by atoms with van der Waals surface area (Å²) >= 11 is 1.98. The Bertz CT molecular complexity index is 337. The van der Waals surface area contributed by atoms with Gasteiger partial charge in [-0.2, -0.15) is 0 Å². The molecule has 0 amide bonds. The van der Waals surface area contributed by atoms with Crippen molar-refractivity contribution in [2.75, 3.05) is 5.75 Å². The van der Waals surface area contributed by atoms with Gasteiger partial charge in [-0.1, -0.05) is 38.5 Å². The van der Waals surface area contributed by atoms with Crippen molar-refractivity contribution in [3.8, 4) is 0 Å². The topological polar surface area (TPSA) is 12.0 Å². The SMILES string of the molecule is CCCC(CC)NC1CSc2ccccc21. The first-order chi connectivity index (χ1) is 7.85. The van der Waals surface area contributed by atoms with Gasteiger partial charge in [0.1, 0.15) is 0 Å². The fourth-order valence-corrected chi connectivity index (χ4v) is 3.51. The third-order valence-electron chi connectivity index (χ3n) is 3.27. The van der Waals surface area contributed by atoms with E-state index in [9.17, 15) is 0 Å². The maximum absolute atomic E-state index is 3.80. The molecule has 1 aromatic rings. The van der Waals surface area contributed by atoms with Crippen LogP contribution >= 0.6 is 11.8 Å². The summed E-state index contributed by atoms with van der Waals surface area (Å²) in [5, 5.41) is 3.80. The largest absolute Gasteiger partial charge is 0.306 e. The summed E-state index contributed by atoms with van der Waals surface area (Å²) in [6.45, 7) is 4.54. The molecule has 1 aliphatic rings. The molecular weight excluding hydrogens is 214 g/mol. The van der Waals surface area contributed by atoms with E-state index < -0.39 is 0 Å². The second kappa shape index (κ2) is 5.74. The average molecular weight is 235 g/mol. The second-order valence-electron chi connectivity index (χ2n) is 4.46. The van der Waals surface area contributed by atoms with Crippen molar-refractivity contribution in [3.05, 3.63) is 29.8 Å². The first-order valence-electron chi connectivity index (χ1n) is 6.33. The molecule has 1 N–H and O–H groups in total. The lowest BCUT2D eigenvalue weighted by atomic mass is 10.0. The first kappa shape index (κ1) is 12.0. The van der Waals surface area contributed by atoms with Crippen molar-refractivity contribution in [2.24, 2.45) is 0 Å². The van der Waals surface area contributed by atoms with Crippen LogP contribution in [0.2, 0.25) is 0 Å². The predicted molar refractivity (Wildman–Crippen MR) is 72.0 cm³/mol. The summed E-state index contributed by atoms with van der Waals surface area (Å²) in [6, 6.07) is 10.0. The van der Waals surface area contributed by atoms with Gasteiger partial charge in [0.05, 0.1) is 0 Å². The van der Waals surface area contributed by atoms with Gasteiger partial charge in [-0.25, -0.2) is 0 Å². The van der Waals surface area contributed by atoms with Crippen LogP contribution in [0.3, 0.4) is 0 Å². The molecule has 2 heteroatoms. The highest BCUT2D eigenvalue weighted by molar-refractivity contribution is 7.99. The molecule has 0 saturated carbocycles. The minimum absolute atomic E-state index is 0.567. The molecule has 0 bridgehead atoms. The molecule has 1 nitrogen and oxygen atoms in total. The van der Waals surface area contributed by atoms with Crippen molar-refractivity contribution in [1.82, 2.24) is 5.32 Å². The van der Waals surface area contributed by atoms with Crippen molar-refractivity contribution >= 4 is 11.8 Å². The van der Waals surface area contributed by atoms with E-state index in [2.05, 4.69) is 43.4 Å². The summed E-state index contributed by atoms with van der Waals surface area (Å²) in [5.74, 6) is 1.19. The van der Waals surface area contributed by atoms with Gasteiger partial charge in [-0.15, -0.1) is 11.8 Å². The van der Waals surface area contributed by atoms with Crippen LogP contribution in [0.4, 0.5) is 0 Å². The second-order valence-corrected chi connectivity index (χ2v) is 5.52. The zero-order chi connectivity index (χ0) is 11.4. The molecule has 0 aromatic heterocycles. The molecule has 88 valence electrons. The highest BCUT2D eigenvalue weighted by Crippen LogP contribution is 2.38. The molecule has 1 aliphatic heterocycles. The van der Waals surface area contributed by atoms with Crippen LogP contribution in [0.1, 0.15) is 44.7 Å². The molecule has 16 heavy (non-hydrogen) atoms. The maximum atomic E-state index is 3.80. The molecule has 1 heterocycles. The lowest BCUT2D eigenvalue weighted by Gasteiger charge is -2.21. The molecule has 0 fully saturated rings. The Balaban J connectivity index is 2.02. The van der Waals surface area contributed by atoms with Crippen molar-refractivity contribution in [2.45, 2.75) is 50.1 Å². The van der Waals surface area contributed by atoms with Crippen LogP contribution < -0.4 is 5.32 Å². The summed E-state index contributed by atoms with van der Waals surface area (Å²) < 4.78 is 0. The molecule has 0 aliphatic carbocycles. The van der Waals surface area contributed by atoms with Crippen LogP contribution in [0.25, 0.3) is 0 Å². The average Bonchev–Trinajstić information content (AvgIpc) is 2.72. The van der Waals surface area contributed by atoms with Crippen molar-refractivity contribution < 1.29 is 0 Å². The number of fused-ring (bicyclic) bond motifs is 1. The lowest BCUT2D eigenvalue weighted by Crippen LogP contribution is -2.32. The van der Waals surface area contributed by atoms with Gasteiger partial charge in [0, 0.05) is 22.7 Å². The van der Waals surface area contributed by atoms with E-state index >= 15 is 0 Å². The lowest BCUT2D eigenvalue weighted by molar-refractivity contribution is 0.421. The third-order valence-corrected chi connectivity index (χ3v) is 4.45. The standard InChI is InChI=1S/C14H21NS/c1-3-7-11(4-2)15-13-10-16-14-9-6-5-8-12(13)14/h5-6,8-9,11,13,15H,3-4,7,10H2,1-2H3. The van der Waals surface area contributed by atoms with Gasteiger partial charge in [-0.05, 0) is 24.5 Å². The van der Waals surface area contributed by atoms with Gasteiger partial charge in [0.25, 0.3) is 0 Å². The quantitative estimate of drug-likeness (QED) is 0.828. The summed E-state index contributed by atoms with van der Waals surface area (Å²) in [7, 11) is 0. The van der Waals surface area contributed by atoms with E-state index in [0.717, 1.165) is 0 Å². The molecule has 1 aromatic carbocycles. The number of rotatable bonds is 5. The van der Waals surface area contributed by atoms with Crippen LogP contribution in [0.5, 0.6) is 0 Å². The van der Waals surface area contributed by atoms with E-state index in [0.29, 0.717) is 12.1 Å². The Morgan fingerprint density at radius 3 is 2.94 bits per heavy atom. The Morgan fingerprint density at radius 2 is 2.19 bits per heavy atom. The number of nitrogens with one attached hydrogen (secondary N) is 1. The van der Waals surface area contributed by atoms with E-state index in [4.69, 9.17) is 0 Å². The summed E-state index contributed by atoms with van der Waals surface area (Å²) in [6.07, 6.45) is 3.80. The smallest absolute Gasteiger partial charge is 0.0428 e. The van der Waals surface area contributed by atoms with Crippen LogP contribution in [-0.4, -0.2) is 11.8 Å². The Labute approximate surface area is 103 Å². The maximum Gasteiger partial charge on any atom is 0.0428 e. The fourth-order valence-electron chi connectivity index (χ4n) is 2.34. The van der Waals surface area contributed by atoms with Gasteiger partial charge < -0.3 is 5.32 Å². The number of hydrogen-bond donors (Lipinski definition) is 1. The monoisotopic (exact) mass is 235 g/mol. The molecule has 0 saturated heterocycles. The number of hydrogen-bond acceptors (Lipinski definition) is 2. The molecule has 0 radical (unpaired) electrons. The van der Waals surface area contributed by atoms with E-state index in [1.54, 1.807) is 0 Å². The zero-order valence-electron chi connectivity index (χ0n) is 10.2. The summed E-state index contributed by atoms with van der Waals surface area (Å²) in [4.78, 5) is 1.46. The van der Waals surface area contributed by atoms with Crippen molar-refractivity contribution in [1.29, 1.82) is 0 Å². The van der Waals surface area contributed by atoms with E-state index in [1.807, 2.05) is 11.8 Å². The summed E-state index contributed by atoms with van der Waals surface area (Å²) in [5.41, 5.74) is 1.50. The minimum Gasteiger partial charge on any atom is -0.306 e. The van der Waals surface area contributed by atoms with E-state index in [-0.39, 0.29) is 0 Å². The molecule has 2 rings (SSSR count). The van der Waals surface area contributed by atoms with Gasteiger partial charge >= 0.3 is 0 Å².